The van der Waals surface area contributed by atoms with Gasteiger partial charge in [-0.25, -0.2) is 4.68 Å². The molecule has 1 atom stereocenters. The van der Waals surface area contributed by atoms with E-state index < -0.39 is 0 Å². The summed E-state index contributed by atoms with van der Waals surface area (Å²) in [6.07, 6.45) is 0.870. The number of nitrogens with two attached hydrogens (primary N) is 1. The van der Waals surface area contributed by atoms with Gasteiger partial charge in [-0.05, 0) is 29.0 Å². The minimum atomic E-state index is -0.140. The second-order valence-corrected chi connectivity index (χ2v) is 7.95. The van der Waals surface area contributed by atoms with E-state index in [1.54, 1.807) is 11.8 Å². The molecule has 0 radical (unpaired) electrons. The molecule has 0 amide bonds. The molecular formula is C21H23N5S. The van der Waals surface area contributed by atoms with Crippen molar-refractivity contribution in [2.75, 3.05) is 5.43 Å². The molecule has 1 aromatic heterocycles. The third-order valence-corrected chi connectivity index (χ3v) is 5.36. The standard InChI is InChI=1S/C21H23N5S/c1-14(2)12-18(22)20-23-24-21-26(20)25-19(13-27-21)17-10-8-16(9-11-17)15-6-4-3-5-7-15/h3-11,13-14,18,25H,12,22H2,1-2H3/t18-/m0/s1. The first-order chi connectivity index (χ1) is 13.1. The number of benzene rings is 2. The molecule has 1 aliphatic heterocycles. The van der Waals surface area contributed by atoms with Gasteiger partial charge in [0.2, 0.25) is 5.16 Å². The van der Waals surface area contributed by atoms with Crippen LogP contribution in [0.15, 0.2) is 65.2 Å². The van der Waals surface area contributed by atoms with Crippen LogP contribution in [0.2, 0.25) is 0 Å². The zero-order valence-corrected chi connectivity index (χ0v) is 16.3. The Morgan fingerprint density at radius 2 is 1.63 bits per heavy atom. The fourth-order valence-corrected chi connectivity index (χ4v) is 3.92. The molecule has 0 unspecified atom stereocenters. The number of nitrogens with zero attached hydrogens (tertiary/aromatic N) is 3. The normalized spacial score (nSPS) is 14.4. The fraction of sp³-hybridized carbons (Fsp3) is 0.238. The van der Waals surface area contributed by atoms with Crippen molar-refractivity contribution < 1.29 is 0 Å². The summed E-state index contributed by atoms with van der Waals surface area (Å²) < 4.78 is 1.91. The number of thioether (sulfide) groups is 1. The molecule has 0 saturated carbocycles. The van der Waals surface area contributed by atoms with Crippen LogP contribution in [-0.2, 0) is 0 Å². The summed E-state index contributed by atoms with van der Waals surface area (Å²) in [5, 5.41) is 11.4. The van der Waals surface area contributed by atoms with Crippen molar-refractivity contribution in [3.05, 3.63) is 71.4 Å². The van der Waals surface area contributed by atoms with Crippen molar-refractivity contribution in [3.63, 3.8) is 0 Å². The Hall–Kier alpha value is -2.57. The Balaban J connectivity index is 1.55. The highest BCUT2D eigenvalue weighted by Crippen LogP contribution is 2.31. The third kappa shape index (κ3) is 3.77. The summed E-state index contributed by atoms with van der Waals surface area (Å²) in [6.45, 7) is 4.32. The zero-order valence-electron chi connectivity index (χ0n) is 15.5. The molecule has 0 fully saturated rings. The molecule has 3 aromatic rings. The molecule has 0 spiro atoms. The second-order valence-electron chi connectivity index (χ2n) is 7.12. The summed E-state index contributed by atoms with van der Waals surface area (Å²) in [5.41, 5.74) is 14.3. The Morgan fingerprint density at radius 3 is 2.33 bits per heavy atom. The topological polar surface area (TPSA) is 68.8 Å². The van der Waals surface area contributed by atoms with E-state index in [0.717, 1.165) is 28.7 Å². The Kier molecular flexibility index (Phi) is 5.01. The largest absolute Gasteiger partial charge is 0.321 e. The molecule has 0 aliphatic carbocycles. The minimum Gasteiger partial charge on any atom is -0.321 e. The van der Waals surface area contributed by atoms with E-state index in [1.165, 1.54) is 11.1 Å². The van der Waals surface area contributed by atoms with E-state index in [2.05, 4.69) is 83.4 Å². The van der Waals surface area contributed by atoms with Crippen molar-refractivity contribution >= 4 is 17.5 Å². The van der Waals surface area contributed by atoms with Crippen LogP contribution in [0.5, 0.6) is 0 Å². The zero-order chi connectivity index (χ0) is 18.8. The van der Waals surface area contributed by atoms with Gasteiger partial charge in [0.15, 0.2) is 5.82 Å². The maximum Gasteiger partial charge on any atom is 0.214 e. The molecule has 5 nitrogen and oxygen atoms in total. The first-order valence-corrected chi connectivity index (χ1v) is 10.0. The predicted molar refractivity (Wildman–Crippen MR) is 111 cm³/mol. The van der Waals surface area contributed by atoms with Crippen LogP contribution in [0.3, 0.4) is 0 Å². The van der Waals surface area contributed by atoms with Crippen LogP contribution in [0.1, 0.15) is 37.7 Å². The quantitative estimate of drug-likeness (QED) is 0.678. The van der Waals surface area contributed by atoms with Gasteiger partial charge in [-0.1, -0.05) is 80.2 Å². The highest BCUT2D eigenvalue weighted by atomic mass is 32.2. The SMILES string of the molecule is CC(C)C[C@H](N)c1nnc2n1NC(c1ccc(-c3ccccc3)cc1)=CS2. The predicted octanol–water partition coefficient (Wildman–Crippen LogP) is 4.64. The lowest BCUT2D eigenvalue weighted by Crippen LogP contribution is -2.25. The highest BCUT2D eigenvalue weighted by Gasteiger charge is 2.22. The monoisotopic (exact) mass is 377 g/mol. The van der Waals surface area contributed by atoms with E-state index in [0.29, 0.717) is 5.92 Å². The summed E-state index contributed by atoms with van der Waals surface area (Å²) in [4.78, 5) is 0. The number of rotatable bonds is 5. The van der Waals surface area contributed by atoms with E-state index in [4.69, 9.17) is 5.73 Å². The van der Waals surface area contributed by atoms with Crippen LogP contribution in [0, 0.1) is 5.92 Å². The summed E-state index contributed by atoms with van der Waals surface area (Å²) in [6, 6.07) is 18.8. The lowest BCUT2D eigenvalue weighted by Gasteiger charge is -2.21. The van der Waals surface area contributed by atoms with Gasteiger partial charge in [-0.3, -0.25) is 5.43 Å². The van der Waals surface area contributed by atoms with Gasteiger partial charge in [0, 0.05) is 5.41 Å². The number of aromatic nitrogens is 3. The number of fused-ring (bicyclic) bond motifs is 1. The molecule has 0 bridgehead atoms. The molecule has 3 N–H and O–H groups in total. The molecule has 0 saturated heterocycles. The first kappa shape index (κ1) is 17.8. The average Bonchev–Trinajstić information content (AvgIpc) is 3.12. The van der Waals surface area contributed by atoms with Gasteiger partial charge < -0.3 is 5.73 Å². The molecule has 2 heterocycles. The van der Waals surface area contributed by atoms with Crippen LogP contribution in [-0.4, -0.2) is 14.9 Å². The van der Waals surface area contributed by atoms with Crippen LogP contribution < -0.4 is 11.2 Å². The van der Waals surface area contributed by atoms with Crippen molar-refractivity contribution in [2.45, 2.75) is 31.5 Å². The van der Waals surface area contributed by atoms with Crippen molar-refractivity contribution in [2.24, 2.45) is 11.7 Å². The van der Waals surface area contributed by atoms with Crippen molar-refractivity contribution in [1.82, 2.24) is 14.9 Å². The summed E-state index contributed by atoms with van der Waals surface area (Å²) in [5.74, 6) is 1.28. The minimum absolute atomic E-state index is 0.140. The van der Waals surface area contributed by atoms with Crippen LogP contribution in [0.25, 0.3) is 16.8 Å². The molecule has 4 rings (SSSR count). The van der Waals surface area contributed by atoms with Gasteiger partial charge in [0.25, 0.3) is 0 Å². The Labute approximate surface area is 163 Å². The fourth-order valence-electron chi connectivity index (χ4n) is 3.18. The summed E-state index contributed by atoms with van der Waals surface area (Å²) in [7, 11) is 0. The Bertz CT molecular complexity index is 944. The number of hydrogen-bond donors (Lipinski definition) is 2. The van der Waals surface area contributed by atoms with Gasteiger partial charge in [0.05, 0.1) is 11.7 Å². The molecule has 1 aliphatic rings. The highest BCUT2D eigenvalue weighted by molar-refractivity contribution is 8.02. The molecule has 138 valence electrons. The van der Waals surface area contributed by atoms with Gasteiger partial charge in [-0.2, -0.15) is 0 Å². The molecular weight excluding hydrogens is 354 g/mol. The number of hydrogen-bond acceptors (Lipinski definition) is 5. The van der Waals surface area contributed by atoms with Gasteiger partial charge >= 0.3 is 0 Å². The smallest absolute Gasteiger partial charge is 0.214 e. The summed E-state index contributed by atoms with van der Waals surface area (Å²) >= 11 is 1.56. The van der Waals surface area contributed by atoms with E-state index >= 15 is 0 Å². The molecule has 27 heavy (non-hydrogen) atoms. The van der Waals surface area contributed by atoms with E-state index in [1.807, 2.05) is 10.7 Å². The first-order valence-electron chi connectivity index (χ1n) is 9.12. The average molecular weight is 378 g/mol. The van der Waals surface area contributed by atoms with Gasteiger partial charge in [0.1, 0.15) is 0 Å². The van der Waals surface area contributed by atoms with E-state index in [9.17, 15) is 0 Å². The van der Waals surface area contributed by atoms with Gasteiger partial charge in [-0.15, -0.1) is 10.2 Å². The number of nitrogens with one attached hydrogen (secondary N) is 1. The maximum absolute atomic E-state index is 6.34. The maximum atomic E-state index is 6.34. The van der Waals surface area contributed by atoms with E-state index in [-0.39, 0.29) is 6.04 Å². The van der Waals surface area contributed by atoms with Crippen molar-refractivity contribution in [3.8, 4) is 11.1 Å². The van der Waals surface area contributed by atoms with Crippen LogP contribution in [0.4, 0.5) is 0 Å². The van der Waals surface area contributed by atoms with Crippen LogP contribution >= 0.6 is 11.8 Å². The van der Waals surface area contributed by atoms with Crippen molar-refractivity contribution in [1.29, 1.82) is 0 Å². The second kappa shape index (κ2) is 7.58. The third-order valence-electron chi connectivity index (χ3n) is 4.53. The molecule has 2 aromatic carbocycles. The molecule has 6 heteroatoms. The Morgan fingerprint density at radius 1 is 0.963 bits per heavy atom. The lowest BCUT2D eigenvalue weighted by molar-refractivity contribution is 0.483. The lowest BCUT2D eigenvalue weighted by atomic mass is 10.0.